The molecule has 2 aliphatic carbocycles. The van der Waals surface area contributed by atoms with Crippen molar-refractivity contribution in [2.24, 2.45) is 23.2 Å². The van der Waals surface area contributed by atoms with Gasteiger partial charge in [0.25, 0.3) is 5.91 Å². The number of aromatic nitrogens is 2. The third kappa shape index (κ3) is 7.91. The molecule has 1 aliphatic heterocycles. The predicted octanol–water partition coefficient (Wildman–Crippen LogP) is 2.59. The molecule has 4 rings (SSSR count). The Bertz CT molecular complexity index is 1120. The Morgan fingerprint density at radius 1 is 1.00 bits per heavy atom. The van der Waals surface area contributed by atoms with E-state index >= 15 is 0 Å². The zero-order valence-electron chi connectivity index (χ0n) is 26.2. The first kappa shape index (κ1) is 32.8. The Morgan fingerprint density at radius 2 is 1.74 bits per heavy atom. The van der Waals surface area contributed by atoms with Gasteiger partial charge in [-0.15, -0.1) is 0 Å². The average Bonchev–Trinajstić information content (AvgIpc) is 3.60. The summed E-state index contributed by atoms with van der Waals surface area (Å²) in [5.41, 5.74) is -0.533. The highest BCUT2D eigenvalue weighted by atomic mass is 16.3. The first-order valence-corrected chi connectivity index (χ1v) is 16.1. The van der Waals surface area contributed by atoms with Gasteiger partial charge in [-0.25, -0.2) is 4.98 Å². The molecular weight excluding hydrogens is 548 g/mol. The number of carbonyl (C=O) groups is 4. The Kier molecular flexibility index (Phi) is 11.1. The molecule has 2 heterocycles. The van der Waals surface area contributed by atoms with Crippen molar-refractivity contribution in [2.75, 3.05) is 13.2 Å². The van der Waals surface area contributed by atoms with E-state index in [9.17, 15) is 24.3 Å². The number of fused-ring (bicyclic) bond motifs is 1. The third-order valence-electron chi connectivity index (χ3n) is 9.53. The van der Waals surface area contributed by atoms with Crippen molar-refractivity contribution in [3.63, 3.8) is 0 Å². The molecule has 11 nitrogen and oxygen atoms in total. The number of rotatable bonds is 11. The van der Waals surface area contributed by atoms with Crippen molar-refractivity contribution < 1.29 is 24.3 Å². The number of aliphatic hydroxyl groups excluding tert-OH is 1. The van der Waals surface area contributed by atoms with Crippen molar-refractivity contribution in [2.45, 2.75) is 116 Å². The molecule has 11 heteroatoms. The quantitative estimate of drug-likeness (QED) is 0.305. The SMILES string of the molecule is CCC[C@@H](CO)NC(=O)[C@@H]1[C@H]2CCC[C@H]2CN1C(=O)[C@@H](NC(=O)[C@@H](NC(=O)c1cnccn1)C1CCCCC1)C(C)(C)C. The highest BCUT2D eigenvalue weighted by molar-refractivity contribution is 5.98. The Hall–Kier alpha value is -3.08. The fourth-order valence-electron chi connectivity index (χ4n) is 7.26. The Labute approximate surface area is 255 Å². The Morgan fingerprint density at radius 3 is 2.37 bits per heavy atom. The average molecular weight is 599 g/mol. The van der Waals surface area contributed by atoms with Gasteiger partial charge in [0.2, 0.25) is 17.7 Å². The minimum absolute atomic E-state index is 0.0579. The molecule has 2 saturated carbocycles. The molecule has 0 unspecified atom stereocenters. The predicted molar refractivity (Wildman–Crippen MR) is 162 cm³/mol. The highest BCUT2D eigenvalue weighted by Crippen LogP contribution is 2.43. The van der Waals surface area contributed by atoms with Gasteiger partial charge < -0.3 is 26.0 Å². The second-order valence-electron chi connectivity index (χ2n) is 13.7. The molecule has 43 heavy (non-hydrogen) atoms. The van der Waals surface area contributed by atoms with Crippen LogP contribution in [0.15, 0.2) is 18.6 Å². The second kappa shape index (κ2) is 14.6. The maximum atomic E-state index is 14.4. The number of likely N-dealkylation sites (tertiary alicyclic amines) is 1. The lowest BCUT2D eigenvalue weighted by Gasteiger charge is -2.38. The number of nitrogens with zero attached hydrogens (tertiary/aromatic N) is 3. The molecule has 6 atom stereocenters. The van der Waals surface area contributed by atoms with Crippen LogP contribution in [0, 0.1) is 23.2 Å². The molecular formula is C32H50N6O5. The van der Waals surface area contributed by atoms with E-state index < -0.39 is 35.4 Å². The van der Waals surface area contributed by atoms with Crippen molar-refractivity contribution in [1.82, 2.24) is 30.8 Å². The number of amides is 4. The van der Waals surface area contributed by atoms with Gasteiger partial charge in [0, 0.05) is 18.9 Å². The smallest absolute Gasteiger partial charge is 0.272 e. The van der Waals surface area contributed by atoms with Crippen LogP contribution >= 0.6 is 0 Å². The topological polar surface area (TPSA) is 154 Å². The zero-order chi connectivity index (χ0) is 31.1. The van der Waals surface area contributed by atoms with Gasteiger partial charge in [-0.2, -0.15) is 0 Å². The van der Waals surface area contributed by atoms with Gasteiger partial charge in [0.05, 0.1) is 18.8 Å². The first-order valence-electron chi connectivity index (χ1n) is 16.1. The standard InChI is InChI=1S/C32H50N6O5/c1-5-10-22(19-39)35-30(42)26-23-14-9-13-21(23)18-38(26)31(43)27(32(2,3)4)37-29(41)25(20-11-7-6-8-12-20)36-28(40)24-17-33-15-16-34-24/h15-17,20-23,25-27,39H,5-14,18-19H2,1-4H3,(H,35,42)(H,36,40)(H,37,41)/t21-,22-,23-,25-,26-,27+/m0/s1. The lowest BCUT2D eigenvalue weighted by molar-refractivity contribution is -0.145. The van der Waals surface area contributed by atoms with E-state index in [1.54, 1.807) is 4.90 Å². The molecule has 0 bridgehead atoms. The number of nitrogens with one attached hydrogen (secondary N) is 3. The second-order valence-corrected chi connectivity index (χ2v) is 13.7. The summed E-state index contributed by atoms with van der Waals surface area (Å²) in [6.07, 6.45) is 13.2. The molecule has 0 radical (unpaired) electrons. The molecule has 1 aromatic rings. The summed E-state index contributed by atoms with van der Waals surface area (Å²) in [6.45, 7) is 8.02. The van der Waals surface area contributed by atoms with Gasteiger partial charge in [0.15, 0.2) is 0 Å². The van der Waals surface area contributed by atoms with Crippen LogP contribution in [0.2, 0.25) is 0 Å². The van der Waals surface area contributed by atoms with E-state index in [4.69, 9.17) is 0 Å². The van der Waals surface area contributed by atoms with Crippen molar-refractivity contribution >= 4 is 23.6 Å². The summed E-state index contributed by atoms with van der Waals surface area (Å²) < 4.78 is 0. The fourth-order valence-corrected chi connectivity index (χ4v) is 7.26. The maximum Gasteiger partial charge on any atom is 0.272 e. The summed E-state index contributed by atoms with van der Waals surface area (Å²) >= 11 is 0. The molecule has 1 saturated heterocycles. The molecule has 4 N–H and O–H groups in total. The zero-order valence-corrected chi connectivity index (χ0v) is 26.2. The van der Waals surface area contributed by atoms with Gasteiger partial charge in [-0.3, -0.25) is 24.2 Å². The van der Waals surface area contributed by atoms with Crippen molar-refractivity contribution in [3.8, 4) is 0 Å². The monoisotopic (exact) mass is 598 g/mol. The minimum Gasteiger partial charge on any atom is -0.394 e. The lowest BCUT2D eigenvalue weighted by atomic mass is 9.82. The maximum absolute atomic E-state index is 14.4. The lowest BCUT2D eigenvalue weighted by Crippen LogP contribution is -2.62. The Balaban J connectivity index is 1.56. The van der Waals surface area contributed by atoms with E-state index in [-0.39, 0.29) is 47.9 Å². The van der Waals surface area contributed by atoms with E-state index in [0.29, 0.717) is 13.0 Å². The van der Waals surface area contributed by atoms with E-state index in [1.165, 1.54) is 18.6 Å². The first-order chi connectivity index (χ1) is 20.5. The fraction of sp³-hybridized carbons (Fsp3) is 0.750. The van der Waals surface area contributed by atoms with E-state index in [0.717, 1.165) is 57.8 Å². The number of carbonyl (C=O) groups excluding carboxylic acids is 4. The molecule has 238 valence electrons. The summed E-state index contributed by atoms with van der Waals surface area (Å²) in [4.78, 5) is 64.9. The van der Waals surface area contributed by atoms with Crippen LogP contribution in [-0.4, -0.2) is 80.9 Å². The minimum atomic E-state index is -0.905. The molecule has 1 aromatic heterocycles. The van der Waals surface area contributed by atoms with Crippen LogP contribution < -0.4 is 16.0 Å². The molecule has 3 fully saturated rings. The number of aliphatic hydroxyl groups is 1. The van der Waals surface area contributed by atoms with Crippen LogP contribution in [0.1, 0.15) is 102 Å². The number of hydrogen-bond acceptors (Lipinski definition) is 7. The van der Waals surface area contributed by atoms with Crippen molar-refractivity contribution in [3.05, 3.63) is 24.3 Å². The van der Waals surface area contributed by atoms with Crippen LogP contribution in [-0.2, 0) is 14.4 Å². The highest BCUT2D eigenvalue weighted by Gasteiger charge is 2.52. The molecule has 3 aliphatic rings. The van der Waals surface area contributed by atoms with Gasteiger partial charge in [0.1, 0.15) is 23.8 Å². The van der Waals surface area contributed by atoms with Crippen LogP contribution in [0.5, 0.6) is 0 Å². The molecule has 4 amide bonds. The van der Waals surface area contributed by atoms with Crippen LogP contribution in [0.4, 0.5) is 0 Å². The normalized spacial score (nSPS) is 24.5. The van der Waals surface area contributed by atoms with Crippen LogP contribution in [0.25, 0.3) is 0 Å². The van der Waals surface area contributed by atoms with Crippen molar-refractivity contribution in [1.29, 1.82) is 0 Å². The van der Waals surface area contributed by atoms with Crippen LogP contribution in [0.3, 0.4) is 0 Å². The third-order valence-corrected chi connectivity index (χ3v) is 9.53. The largest absolute Gasteiger partial charge is 0.394 e. The van der Waals surface area contributed by atoms with Gasteiger partial charge in [-0.05, 0) is 55.3 Å². The van der Waals surface area contributed by atoms with E-state index in [1.807, 2.05) is 27.7 Å². The number of hydrogen-bond donors (Lipinski definition) is 4. The molecule has 0 spiro atoms. The molecule has 0 aromatic carbocycles. The summed E-state index contributed by atoms with van der Waals surface area (Å²) in [5, 5.41) is 18.7. The summed E-state index contributed by atoms with van der Waals surface area (Å²) in [7, 11) is 0. The summed E-state index contributed by atoms with van der Waals surface area (Å²) in [6, 6.07) is -2.73. The van der Waals surface area contributed by atoms with E-state index in [2.05, 4.69) is 25.9 Å². The summed E-state index contributed by atoms with van der Waals surface area (Å²) in [5.74, 6) is -1.17. The van der Waals surface area contributed by atoms with Gasteiger partial charge in [-0.1, -0.05) is 59.8 Å². The van der Waals surface area contributed by atoms with Gasteiger partial charge >= 0.3 is 0 Å².